The van der Waals surface area contributed by atoms with Crippen LogP contribution in [0.15, 0.2) is 71.7 Å². The minimum absolute atomic E-state index is 0.0477. The van der Waals surface area contributed by atoms with Gasteiger partial charge in [0.25, 0.3) is 17.4 Å². The molecule has 240 valence electrons. The number of nitrogens with zero attached hydrogens (tertiary/aromatic N) is 4. The van der Waals surface area contributed by atoms with E-state index in [9.17, 15) is 19.5 Å². The molecule has 0 radical (unpaired) electrons. The summed E-state index contributed by atoms with van der Waals surface area (Å²) in [6.45, 7) is 6.07. The van der Waals surface area contributed by atoms with Crippen molar-refractivity contribution < 1.29 is 23.8 Å². The first-order valence-corrected chi connectivity index (χ1v) is 15.3. The molecule has 0 unspecified atom stereocenters. The molecular weight excluding hydrogens is 611 g/mol. The van der Waals surface area contributed by atoms with Crippen LogP contribution in [-0.4, -0.2) is 69.0 Å². The number of halogens is 1. The van der Waals surface area contributed by atoms with Crippen LogP contribution in [0.1, 0.15) is 39.6 Å². The van der Waals surface area contributed by atoms with Crippen LogP contribution in [0.5, 0.6) is 11.5 Å². The third-order valence-electron chi connectivity index (χ3n) is 7.01. The molecule has 0 aliphatic carbocycles. The molecule has 3 heterocycles. The Labute approximate surface area is 268 Å². The second kappa shape index (κ2) is 13.3. The summed E-state index contributed by atoms with van der Waals surface area (Å²) >= 11 is 1.19. The number of para-hydroxylation sites is 1. The Kier molecular flexibility index (Phi) is 9.37. The number of hydrogen-bond acceptors (Lipinski definition) is 8. The second-order valence-electron chi connectivity index (χ2n) is 11.7. The molecule has 2 aromatic carbocycles. The van der Waals surface area contributed by atoms with Crippen molar-refractivity contribution in [1.29, 1.82) is 0 Å². The smallest absolute Gasteiger partial charge is 0.284 e. The lowest BCUT2D eigenvalue weighted by Gasteiger charge is -2.22. The maximum atomic E-state index is 15.3. The fraction of sp³-hybridized carbons (Fsp3) is 0.273. The van der Waals surface area contributed by atoms with Crippen LogP contribution in [0.2, 0.25) is 0 Å². The number of thiophene rings is 1. The number of likely N-dealkylation sites (N-methyl/N-ethyl adjacent to an activating group) is 1. The average molecular weight is 647 g/mol. The van der Waals surface area contributed by atoms with E-state index in [-0.39, 0.29) is 29.5 Å². The quantitative estimate of drug-likeness (QED) is 0.188. The number of ether oxygens (including phenoxy) is 1. The van der Waals surface area contributed by atoms with E-state index in [1.165, 1.54) is 34.3 Å². The SMILES string of the molecule is Cc1c(C(=O)Nc2ccc(Oc3ccnc4cc(C(=O)NCCN(C)C)sc34)c(F)c2)c(=O)n(-c2ccccc2)n1CC(C)(C)O. The van der Waals surface area contributed by atoms with Gasteiger partial charge in [-0.25, -0.2) is 9.07 Å². The summed E-state index contributed by atoms with van der Waals surface area (Å²) in [7, 11) is 3.84. The standard InChI is InChI=1S/C33H35FN6O5S/c1-20-28(32(43)40(22-9-7-6-8-10-22)39(20)19-33(2,3)44)31(42)37-21-11-12-25(23(34)17-21)45-26-13-14-35-24-18-27(46-29(24)26)30(41)36-15-16-38(4)5/h6-14,17-18,44H,15-16,19H2,1-5H3,(H,36,41)(H,37,42). The van der Waals surface area contributed by atoms with Gasteiger partial charge < -0.3 is 25.4 Å². The lowest BCUT2D eigenvalue weighted by atomic mass is 10.1. The molecule has 11 nitrogen and oxygen atoms in total. The third kappa shape index (κ3) is 7.17. The highest BCUT2D eigenvalue weighted by molar-refractivity contribution is 7.21. The maximum Gasteiger partial charge on any atom is 0.284 e. The number of aliphatic hydroxyl groups is 1. The van der Waals surface area contributed by atoms with Crippen LogP contribution < -0.4 is 20.9 Å². The summed E-state index contributed by atoms with van der Waals surface area (Å²) in [4.78, 5) is 46.3. The molecule has 0 spiro atoms. The Morgan fingerprint density at radius 2 is 1.80 bits per heavy atom. The molecule has 2 amide bonds. The highest BCUT2D eigenvalue weighted by atomic mass is 32.1. The van der Waals surface area contributed by atoms with Gasteiger partial charge in [-0.05, 0) is 65.2 Å². The van der Waals surface area contributed by atoms with E-state index in [2.05, 4.69) is 15.6 Å². The van der Waals surface area contributed by atoms with Crippen LogP contribution in [0.25, 0.3) is 15.9 Å². The molecule has 0 aliphatic heterocycles. The number of hydrogen-bond donors (Lipinski definition) is 3. The molecule has 46 heavy (non-hydrogen) atoms. The molecule has 0 aliphatic rings. The fourth-order valence-corrected chi connectivity index (χ4v) is 5.83. The number of benzene rings is 2. The van der Waals surface area contributed by atoms with Crippen molar-refractivity contribution in [3.8, 4) is 17.2 Å². The van der Waals surface area contributed by atoms with E-state index in [1.807, 2.05) is 25.1 Å². The maximum absolute atomic E-state index is 15.3. The zero-order valence-corrected chi connectivity index (χ0v) is 26.9. The van der Waals surface area contributed by atoms with E-state index < -0.39 is 22.9 Å². The number of aromatic nitrogens is 3. The minimum Gasteiger partial charge on any atom is -0.453 e. The van der Waals surface area contributed by atoms with Gasteiger partial charge in [-0.15, -0.1) is 11.3 Å². The molecule has 0 bridgehead atoms. The normalized spacial score (nSPS) is 11.7. The number of carbonyl (C=O) groups is 2. The van der Waals surface area contributed by atoms with Crippen LogP contribution in [0, 0.1) is 12.7 Å². The Hall–Kier alpha value is -4.85. The summed E-state index contributed by atoms with van der Waals surface area (Å²) in [5.74, 6) is -1.49. The van der Waals surface area contributed by atoms with E-state index in [1.54, 1.807) is 61.9 Å². The number of pyridine rings is 1. The Balaban J connectivity index is 1.37. The molecule has 0 fully saturated rings. The molecular formula is C33H35FN6O5S. The van der Waals surface area contributed by atoms with E-state index in [0.717, 1.165) is 6.07 Å². The Bertz CT molecular complexity index is 1960. The zero-order valence-electron chi connectivity index (χ0n) is 26.1. The molecule has 5 rings (SSSR count). The number of rotatable bonds is 11. The van der Waals surface area contributed by atoms with Crippen molar-refractivity contribution in [1.82, 2.24) is 24.6 Å². The predicted molar refractivity (Wildman–Crippen MR) is 176 cm³/mol. The highest BCUT2D eigenvalue weighted by Crippen LogP contribution is 2.36. The molecule has 3 aromatic heterocycles. The van der Waals surface area contributed by atoms with Gasteiger partial charge in [-0.3, -0.25) is 24.0 Å². The minimum atomic E-state index is -1.18. The second-order valence-corrected chi connectivity index (χ2v) is 12.7. The van der Waals surface area contributed by atoms with Gasteiger partial charge >= 0.3 is 0 Å². The summed E-state index contributed by atoms with van der Waals surface area (Å²) in [5, 5.41) is 16.0. The summed E-state index contributed by atoms with van der Waals surface area (Å²) in [6.07, 6.45) is 1.51. The lowest BCUT2D eigenvalue weighted by molar-refractivity contribution is 0.0545. The van der Waals surface area contributed by atoms with E-state index >= 15 is 4.39 Å². The number of fused-ring (bicyclic) bond motifs is 1. The topological polar surface area (TPSA) is 131 Å². The molecule has 5 aromatic rings. The largest absolute Gasteiger partial charge is 0.453 e. The zero-order chi connectivity index (χ0) is 33.2. The van der Waals surface area contributed by atoms with Gasteiger partial charge in [0.05, 0.1) is 38.6 Å². The monoisotopic (exact) mass is 646 g/mol. The van der Waals surface area contributed by atoms with Crippen LogP contribution in [-0.2, 0) is 6.54 Å². The number of anilines is 1. The fourth-order valence-electron chi connectivity index (χ4n) is 4.85. The summed E-state index contributed by atoms with van der Waals surface area (Å²) in [5.41, 5.74) is -0.359. The van der Waals surface area contributed by atoms with Crippen molar-refractivity contribution in [3.63, 3.8) is 0 Å². The highest BCUT2D eigenvalue weighted by Gasteiger charge is 2.27. The van der Waals surface area contributed by atoms with Gasteiger partial charge in [0, 0.05) is 37.1 Å². The van der Waals surface area contributed by atoms with Crippen molar-refractivity contribution in [2.24, 2.45) is 0 Å². The number of amides is 2. The first-order valence-electron chi connectivity index (χ1n) is 14.5. The van der Waals surface area contributed by atoms with Crippen molar-refractivity contribution >= 4 is 39.1 Å². The Morgan fingerprint density at radius 3 is 2.48 bits per heavy atom. The van der Waals surface area contributed by atoms with Crippen molar-refractivity contribution in [3.05, 3.63) is 99.2 Å². The molecule has 13 heteroatoms. The summed E-state index contributed by atoms with van der Waals surface area (Å²) in [6, 6.07) is 16.0. The van der Waals surface area contributed by atoms with Gasteiger partial charge in [-0.2, -0.15) is 0 Å². The van der Waals surface area contributed by atoms with Crippen molar-refractivity contribution in [2.75, 3.05) is 32.5 Å². The van der Waals surface area contributed by atoms with E-state index in [0.29, 0.717) is 45.3 Å². The van der Waals surface area contributed by atoms with Crippen LogP contribution >= 0.6 is 11.3 Å². The van der Waals surface area contributed by atoms with E-state index in [4.69, 9.17) is 4.74 Å². The van der Waals surface area contributed by atoms with Gasteiger partial charge in [0.1, 0.15) is 11.3 Å². The van der Waals surface area contributed by atoms with Crippen LogP contribution in [0.4, 0.5) is 10.1 Å². The average Bonchev–Trinajstić information content (AvgIpc) is 3.53. The molecule has 0 saturated carbocycles. The molecule has 0 saturated heterocycles. The first kappa shape index (κ1) is 32.5. The molecule has 0 atom stereocenters. The number of nitrogens with one attached hydrogen (secondary N) is 2. The van der Waals surface area contributed by atoms with Gasteiger partial charge in [0.15, 0.2) is 11.6 Å². The van der Waals surface area contributed by atoms with Crippen molar-refractivity contribution in [2.45, 2.75) is 32.9 Å². The first-order chi connectivity index (χ1) is 21.8. The van der Waals surface area contributed by atoms with Gasteiger partial charge in [-0.1, -0.05) is 18.2 Å². The molecule has 3 N–H and O–H groups in total. The third-order valence-corrected chi connectivity index (χ3v) is 8.15. The summed E-state index contributed by atoms with van der Waals surface area (Å²) < 4.78 is 24.7. The van der Waals surface area contributed by atoms with Crippen LogP contribution in [0.3, 0.4) is 0 Å². The Morgan fingerprint density at radius 1 is 1.07 bits per heavy atom. The van der Waals surface area contributed by atoms with Gasteiger partial charge in [0.2, 0.25) is 0 Å². The predicted octanol–water partition coefficient (Wildman–Crippen LogP) is 4.80. The number of carbonyl (C=O) groups excluding carboxylic acids is 2. The lowest BCUT2D eigenvalue weighted by Crippen LogP contribution is -2.32.